The van der Waals surface area contributed by atoms with Gasteiger partial charge in [-0.1, -0.05) is 11.6 Å². The number of nitrogens with one attached hydrogen (secondary N) is 1. The highest BCUT2D eigenvalue weighted by Gasteiger charge is 2.35. The maximum absolute atomic E-state index is 12.8. The van der Waals surface area contributed by atoms with Gasteiger partial charge in [-0.05, 0) is 37.5 Å². The Balaban J connectivity index is 2.27. The minimum atomic E-state index is -4.46. The Kier molecular flexibility index (Phi) is 3.73. The summed E-state index contributed by atoms with van der Waals surface area (Å²) in [5, 5.41) is 12.4. The van der Waals surface area contributed by atoms with Gasteiger partial charge < -0.3 is 10.4 Å². The minimum absolute atomic E-state index is 0.0298. The van der Waals surface area contributed by atoms with Crippen LogP contribution in [0.1, 0.15) is 24.8 Å². The molecule has 1 aliphatic rings. The van der Waals surface area contributed by atoms with Crippen molar-refractivity contribution in [3.8, 4) is 0 Å². The van der Waals surface area contributed by atoms with Crippen molar-refractivity contribution in [1.29, 1.82) is 0 Å². The van der Waals surface area contributed by atoms with E-state index < -0.39 is 17.8 Å². The van der Waals surface area contributed by atoms with E-state index in [1.54, 1.807) is 0 Å². The van der Waals surface area contributed by atoms with Crippen molar-refractivity contribution in [1.82, 2.24) is 0 Å². The molecule has 100 valence electrons. The Morgan fingerprint density at radius 3 is 2.56 bits per heavy atom. The van der Waals surface area contributed by atoms with Crippen LogP contribution in [0.2, 0.25) is 5.02 Å². The average molecular weight is 280 g/mol. The van der Waals surface area contributed by atoms with Gasteiger partial charge in [-0.15, -0.1) is 0 Å². The highest BCUT2D eigenvalue weighted by atomic mass is 35.5. The van der Waals surface area contributed by atoms with E-state index in [4.69, 9.17) is 11.6 Å². The number of benzene rings is 1. The molecule has 0 radical (unpaired) electrons. The van der Waals surface area contributed by atoms with Crippen molar-refractivity contribution in [2.45, 2.75) is 37.6 Å². The Morgan fingerprint density at radius 1 is 1.28 bits per heavy atom. The van der Waals surface area contributed by atoms with E-state index in [9.17, 15) is 18.3 Å². The zero-order valence-electron chi connectivity index (χ0n) is 9.47. The average Bonchev–Trinajstić information content (AvgIpc) is 2.66. The van der Waals surface area contributed by atoms with Gasteiger partial charge in [-0.3, -0.25) is 0 Å². The summed E-state index contributed by atoms with van der Waals surface area (Å²) < 4.78 is 38.5. The number of halogens is 4. The highest BCUT2D eigenvalue weighted by Crippen LogP contribution is 2.37. The molecule has 0 spiro atoms. The van der Waals surface area contributed by atoms with Gasteiger partial charge in [0.15, 0.2) is 0 Å². The van der Waals surface area contributed by atoms with E-state index in [1.807, 2.05) is 0 Å². The molecule has 0 unspecified atom stereocenters. The van der Waals surface area contributed by atoms with Gasteiger partial charge >= 0.3 is 6.18 Å². The first-order valence-corrected chi connectivity index (χ1v) is 6.07. The zero-order valence-corrected chi connectivity index (χ0v) is 10.2. The molecule has 2 N–H and O–H groups in total. The number of anilines is 1. The number of alkyl halides is 3. The molecular weight excluding hydrogens is 267 g/mol. The lowest BCUT2D eigenvalue weighted by atomic mass is 10.1. The van der Waals surface area contributed by atoms with E-state index in [0.29, 0.717) is 12.8 Å². The number of aliphatic hydroxyl groups excluding tert-OH is 1. The van der Waals surface area contributed by atoms with Crippen LogP contribution >= 0.6 is 11.6 Å². The predicted octanol–water partition coefficient (Wildman–Crippen LogP) is 3.68. The smallest absolute Gasteiger partial charge is 0.391 e. The first-order chi connectivity index (χ1) is 8.38. The zero-order chi connectivity index (χ0) is 13.3. The topological polar surface area (TPSA) is 32.3 Å². The lowest BCUT2D eigenvalue weighted by Crippen LogP contribution is -2.29. The molecule has 0 aliphatic heterocycles. The maximum Gasteiger partial charge on any atom is 0.418 e. The van der Waals surface area contributed by atoms with Gasteiger partial charge in [-0.2, -0.15) is 13.2 Å². The van der Waals surface area contributed by atoms with Gasteiger partial charge in [0, 0.05) is 10.7 Å². The van der Waals surface area contributed by atoms with Crippen molar-refractivity contribution in [2.24, 2.45) is 0 Å². The molecule has 18 heavy (non-hydrogen) atoms. The second kappa shape index (κ2) is 4.97. The van der Waals surface area contributed by atoms with Crippen molar-refractivity contribution in [3.05, 3.63) is 28.8 Å². The summed E-state index contributed by atoms with van der Waals surface area (Å²) in [7, 11) is 0. The van der Waals surface area contributed by atoms with Crippen LogP contribution < -0.4 is 5.32 Å². The normalized spacial score (nSPS) is 24.3. The number of aliphatic hydroxyl groups is 1. The Bertz CT molecular complexity index is 436. The molecule has 0 saturated heterocycles. The fraction of sp³-hybridized carbons (Fsp3) is 0.500. The number of hydrogen-bond donors (Lipinski definition) is 2. The van der Waals surface area contributed by atoms with Crippen LogP contribution in [0.15, 0.2) is 18.2 Å². The van der Waals surface area contributed by atoms with Gasteiger partial charge in [0.1, 0.15) is 0 Å². The Hall–Kier alpha value is -0.940. The van der Waals surface area contributed by atoms with Gasteiger partial charge in [0.05, 0.1) is 17.7 Å². The summed E-state index contributed by atoms with van der Waals surface area (Å²) in [4.78, 5) is 0. The van der Waals surface area contributed by atoms with Crippen LogP contribution in [-0.2, 0) is 6.18 Å². The Morgan fingerprint density at radius 2 is 2.00 bits per heavy atom. The third-order valence-electron chi connectivity index (χ3n) is 3.11. The molecule has 1 aliphatic carbocycles. The molecule has 1 fully saturated rings. The molecule has 0 aromatic heterocycles. The van der Waals surface area contributed by atoms with E-state index >= 15 is 0 Å². The fourth-order valence-electron chi connectivity index (χ4n) is 2.19. The summed E-state index contributed by atoms with van der Waals surface area (Å²) in [6.07, 6.45) is -2.96. The van der Waals surface area contributed by atoms with Crippen LogP contribution in [0.3, 0.4) is 0 Å². The molecule has 2 rings (SSSR count). The lowest BCUT2D eigenvalue weighted by molar-refractivity contribution is -0.137. The van der Waals surface area contributed by atoms with Gasteiger partial charge in [0.2, 0.25) is 0 Å². The minimum Gasteiger partial charge on any atom is -0.391 e. The van der Waals surface area contributed by atoms with Gasteiger partial charge in [-0.25, -0.2) is 0 Å². The first-order valence-electron chi connectivity index (χ1n) is 5.69. The van der Waals surface area contributed by atoms with Crippen LogP contribution in [0.25, 0.3) is 0 Å². The van der Waals surface area contributed by atoms with Crippen LogP contribution in [-0.4, -0.2) is 17.3 Å². The molecule has 6 heteroatoms. The van der Waals surface area contributed by atoms with E-state index in [0.717, 1.165) is 12.5 Å². The third-order valence-corrected chi connectivity index (χ3v) is 3.34. The molecular formula is C12H13ClF3NO. The maximum atomic E-state index is 12.8. The van der Waals surface area contributed by atoms with Crippen molar-refractivity contribution in [3.63, 3.8) is 0 Å². The van der Waals surface area contributed by atoms with Crippen molar-refractivity contribution >= 4 is 17.3 Å². The molecule has 1 aromatic rings. The SMILES string of the molecule is O[C@@H]1CCC[C@H]1Nc1ccc(Cl)cc1C(F)(F)F. The quantitative estimate of drug-likeness (QED) is 0.865. The summed E-state index contributed by atoms with van der Waals surface area (Å²) >= 11 is 5.59. The summed E-state index contributed by atoms with van der Waals surface area (Å²) in [5.41, 5.74) is -0.827. The molecule has 2 nitrogen and oxygen atoms in total. The molecule has 0 amide bonds. The monoisotopic (exact) mass is 279 g/mol. The molecule has 0 heterocycles. The van der Waals surface area contributed by atoms with Gasteiger partial charge in [0.25, 0.3) is 0 Å². The van der Waals surface area contributed by atoms with Crippen molar-refractivity contribution < 1.29 is 18.3 Å². The highest BCUT2D eigenvalue weighted by molar-refractivity contribution is 6.30. The predicted molar refractivity (Wildman–Crippen MR) is 63.7 cm³/mol. The van der Waals surface area contributed by atoms with Crippen molar-refractivity contribution in [2.75, 3.05) is 5.32 Å². The van der Waals surface area contributed by atoms with E-state index in [-0.39, 0.29) is 16.8 Å². The van der Waals surface area contributed by atoms with Crippen LogP contribution in [0.4, 0.5) is 18.9 Å². The largest absolute Gasteiger partial charge is 0.418 e. The number of hydrogen-bond acceptors (Lipinski definition) is 2. The van der Waals surface area contributed by atoms with E-state index in [1.165, 1.54) is 12.1 Å². The third kappa shape index (κ3) is 2.90. The molecule has 1 saturated carbocycles. The number of rotatable bonds is 2. The Labute approximate surface area is 108 Å². The summed E-state index contributed by atoms with van der Waals surface area (Å²) in [5.74, 6) is 0. The molecule has 2 atom stereocenters. The van der Waals surface area contributed by atoms with E-state index in [2.05, 4.69) is 5.32 Å². The second-order valence-corrected chi connectivity index (χ2v) is 4.87. The standard InChI is InChI=1S/C12H13ClF3NO/c13-7-4-5-9(8(6-7)12(14,15)16)17-10-2-1-3-11(10)18/h4-6,10-11,17-18H,1-3H2/t10-,11-/m1/s1. The summed E-state index contributed by atoms with van der Waals surface area (Å²) in [6, 6.07) is 3.27. The fourth-order valence-corrected chi connectivity index (χ4v) is 2.36. The lowest BCUT2D eigenvalue weighted by Gasteiger charge is -2.21. The summed E-state index contributed by atoms with van der Waals surface area (Å²) in [6.45, 7) is 0. The second-order valence-electron chi connectivity index (χ2n) is 4.44. The molecule has 0 bridgehead atoms. The van der Waals surface area contributed by atoms with Crippen LogP contribution in [0.5, 0.6) is 0 Å². The van der Waals surface area contributed by atoms with Crippen LogP contribution in [0, 0.1) is 0 Å². The first kappa shape index (κ1) is 13.5. The molecule has 1 aromatic carbocycles.